The number of rotatable bonds is 3. The maximum atomic E-state index is 12.0. The number of aromatic nitrogens is 1. The van der Waals surface area contributed by atoms with E-state index >= 15 is 0 Å². The first-order valence-corrected chi connectivity index (χ1v) is 6.12. The van der Waals surface area contributed by atoms with Crippen LogP contribution in [-0.2, 0) is 0 Å². The van der Waals surface area contributed by atoms with Gasteiger partial charge in [-0.3, -0.25) is 4.79 Å². The van der Waals surface area contributed by atoms with E-state index in [0.29, 0.717) is 22.8 Å². The zero-order chi connectivity index (χ0) is 13.9. The molecule has 1 amide bonds. The predicted octanol–water partition coefficient (Wildman–Crippen LogP) is 1.90. The van der Waals surface area contributed by atoms with E-state index in [1.54, 1.807) is 24.4 Å². The van der Waals surface area contributed by atoms with Gasteiger partial charge in [0.05, 0.1) is 11.4 Å². The van der Waals surface area contributed by atoms with Crippen molar-refractivity contribution in [1.82, 2.24) is 10.4 Å². The number of carbonyl (C=O) groups excluding carboxylic acids is 1. The summed E-state index contributed by atoms with van der Waals surface area (Å²) < 4.78 is 10.4. The average molecular weight is 271 g/mol. The molecule has 1 aliphatic heterocycles. The number of aromatic amines is 1. The summed E-state index contributed by atoms with van der Waals surface area (Å²) in [6.07, 6.45) is 1.80. The summed E-state index contributed by atoms with van der Waals surface area (Å²) in [5, 5.41) is 4.05. The van der Waals surface area contributed by atoms with E-state index < -0.39 is 0 Å². The number of H-pyrrole nitrogens is 1. The molecule has 2 aromatic rings. The SMILES string of the molecule is C/C(=N\NC(=O)c1ccc2c(c1)OCO2)c1ccc[nH]1. The van der Waals surface area contributed by atoms with Gasteiger partial charge in [-0.15, -0.1) is 0 Å². The number of ether oxygens (including phenoxy) is 2. The van der Waals surface area contributed by atoms with Gasteiger partial charge in [0.2, 0.25) is 6.79 Å². The highest BCUT2D eigenvalue weighted by Crippen LogP contribution is 2.32. The van der Waals surface area contributed by atoms with Crippen LogP contribution in [0.25, 0.3) is 0 Å². The minimum atomic E-state index is -0.297. The normalized spacial score (nSPS) is 13.3. The van der Waals surface area contributed by atoms with Gasteiger partial charge < -0.3 is 14.5 Å². The first-order valence-electron chi connectivity index (χ1n) is 6.12. The molecule has 0 atom stereocenters. The summed E-state index contributed by atoms with van der Waals surface area (Å²) in [5.74, 6) is 0.921. The molecule has 0 spiro atoms. The van der Waals surface area contributed by atoms with E-state index in [1.807, 2.05) is 19.1 Å². The van der Waals surface area contributed by atoms with Crippen molar-refractivity contribution in [3.63, 3.8) is 0 Å². The van der Waals surface area contributed by atoms with Crippen LogP contribution in [0.15, 0.2) is 41.6 Å². The molecule has 0 fully saturated rings. The summed E-state index contributed by atoms with van der Waals surface area (Å²) in [6.45, 7) is 2.00. The molecule has 0 saturated heterocycles. The van der Waals surface area contributed by atoms with Crippen molar-refractivity contribution in [1.29, 1.82) is 0 Å². The molecular weight excluding hydrogens is 258 g/mol. The molecule has 6 heteroatoms. The topological polar surface area (TPSA) is 75.7 Å². The minimum Gasteiger partial charge on any atom is -0.454 e. The Hall–Kier alpha value is -2.76. The van der Waals surface area contributed by atoms with Crippen LogP contribution in [0, 0.1) is 0 Å². The second-order valence-corrected chi connectivity index (χ2v) is 4.29. The second-order valence-electron chi connectivity index (χ2n) is 4.29. The van der Waals surface area contributed by atoms with Crippen LogP contribution in [0.1, 0.15) is 23.0 Å². The number of carbonyl (C=O) groups is 1. The smallest absolute Gasteiger partial charge is 0.271 e. The molecule has 102 valence electrons. The largest absolute Gasteiger partial charge is 0.454 e. The van der Waals surface area contributed by atoms with Gasteiger partial charge in [0.15, 0.2) is 11.5 Å². The van der Waals surface area contributed by atoms with Gasteiger partial charge in [0.1, 0.15) is 0 Å². The monoisotopic (exact) mass is 271 g/mol. The number of nitrogens with one attached hydrogen (secondary N) is 2. The van der Waals surface area contributed by atoms with E-state index in [2.05, 4.69) is 15.5 Å². The predicted molar refractivity (Wildman–Crippen MR) is 73.0 cm³/mol. The maximum Gasteiger partial charge on any atom is 0.271 e. The van der Waals surface area contributed by atoms with E-state index in [0.717, 1.165) is 5.69 Å². The van der Waals surface area contributed by atoms with Crippen LogP contribution in [0.3, 0.4) is 0 Å². The van der Waals surface area contributed by atoms with Gasteiger partial charge in [-0.1, -0.05) is 0 Å². The maximum absolute atomic E-state index is 12.0. The number of hydrogen-bond acceptors (Lipinski definition) is 4. The third-order valence-corrected chi connectivity index (χ3v) is 2.95. The molecule has 2 N–H and O–H groups in total. The Morgan fingerprint density at radius 2 is 2.15 bits per heavy atom. The van der Waals surface area contributed by atoms with E-state index in [-0.39, 0.29) is 12.7 Å². The fraction of sp³-hybridized carbons (Fsp3) is 0.143. The number of hydrazone groups is 1. The van der Waals surface area contributed by atoms with Crippen LogP contribution < -0.4 is 14.9 Å². The number of hydrogen-bond donors (Lipinski definition) is 2. The lowest BCUT2D eigenvalue weighted by molar-refractivity contribution is 0.0954. The van der Waals surface area contributed by atoms with E-state index in [1.165, 1.54) is 0 Å². The lowest BCUT2D eigenvalue weighted by Gasteiger charge is -2.03. The molecule has 20 heavy (non-hydrogen) atoms. The Morgan fingerprint density at radius 3 is 2.95 bits per heavy atom. The number of amides is 1. The number of fused-ring (bicyclic) bond motifs is 1. The van der Waals surface area contributed by atoms with E-state index in [4.69, 9.17) is 9.47 Å². The summed E-state index contributed by atoms with van der Waals surface area (Å²) in [7, 11) is 0. The molecule has 1 aliphatic rings. The van der Waals surface area contributed by atoms with Crippen LogP contribution in [0.2, 0.25) is 0 Å². The summed E-state index contributed by atoms with van der Waals surface area (Å²) in [4.78, 5) is 15.0. The summed E-state index contributed by atoms with van der Waals surface area (Å²) in [5.41, 5.74) is 4.54. The summed E-state index contributed by atoms with van der Waals surface area (Å²) >= 11 is 0. The van der Waals surface area contributed by atoms with Gasteiger partial charge in [0.25, 0.3) is 5.91 Å². The Labute approximate surface area is 115 Å². The van der Waals surface area contributed by atoms with Crippen molar-refractivity contribution >= 4 is 11.6 Å². The zero-order valence-electron chi connectivity index (χ0n) is 10.8. The first kappa shape index (κ1) is 12.3. The van der Waals surface area contributed by atoms with Gasteiger partial charge in [-0.2, -0.15) is 5.10 Å². The molecule has 6 nitrogen and oxygen atoms in total. The van der Waals surface area contributed by atoms with Crippen molar-refractivity contribution in [3.05, 3.63) is 47.8 Å². The Balaban J connectivity index is 1.72. The van der Waals surface area contributed by atoms with Crippen molar-refractivity contribution in [2.24, 2.45) is 5.10 Å². The number of benzene rings is 1. The Bertz CT molecular complexity index is 662. The molecule has 0 bridgehead atoms. The van der Waals surface area contributed by atoms with Crippen LogP contribution >= 0.6 is 0 Å². The van der Waals surface area contributed by atoms with Crippen LogP contribution in [-0.4, -0.2) is 23.4 Å². The third-order valence-electron chi connectivity index (χ3n) is 2.95. The second kappa shape index (κ2) is 5.08. The number of nitrogens with zero attached hydrogens (tertiary/aromatic N) is 1. The quantitative estimate of drug-likeness (QED) is 0.661. The van der Waals surface area contributed by atoms with Gasteiger partial charge in [-0.25, -0.2) is 5.43 Å². The molecule has 0 unspecified atom stereocenters. The Kier molecular flexibility index (Phi) is 3.12. The highest BCUT2D eigenvalue weighted by atomic mass is 16.7. The van der Waals surface area contributed by atoms with Crippen molar-refractivity contribution in [3.8, 4) is 11.5 Å². The lowest BCUT2D eigenvalue weighted by atomic mass is 10.2. The fourth-order valence-corrected chi connectivity index (χ4v) is 1.85. The van der Waals surface area contributed by atoms with E-state index in [9.17, 15) is 4.79 Å². The molecule has 1 aromatic heterocycles. The molecular formula is C14H13N3O3. The van der Waals surface area contributed by atoms with Crippen molar-refractivity contribution in [2.45, 2.75) is 6.92 Å². The lowest BCUT2D eigenvalue weighted by Crippen LogP contribution is -2.19. The molecule has 1 aromatic carbocycles. The first-order chi connectivity index (χ1) is 9.74. The Morgan fingerprint density at radius 1 is 1.30 bits per heavy atom. The third kappa shape index (κ3) is 2.35. The molecule has 0 aliphatic carbocycles. The molecule has 2 heterocycles. The fourth-order valence-electron chi connectivity index (χ4n) is 1.85. The molecule has 3 rings (SSSR count). The molecule has 0 radical (unpaired) electrons. The van der Waals surface area contributed by atoms with Gasteiger partial charge in [-0.05, 0) is 37.3 Å². The van der Waals surface area contributed by atoms with Crippen LogP contribution in [0.5, 0.6) is 11.5 Å². The van der Waals surface area contributed by atoms with Crippen molar-refractivity contribution < 1.29 is 14.3 Å². The minimum absolute atomic E-state index is 0.185. The van der Waals surface area contributed by atoms with Gasteiger partial charge >= 0.3 is 0 Å². The highest BCUT2D eigenvalue weighted by molar-refractivity contribution is 5.99. The van der Waals surface area contributed by atoms with Crippen LogP contribution in [0.4, 0.5) is 0 Å². The summed E-state index contributed by atoms with van der Waals surface area (Å²) in [6, 6.07) is 8.76. The average Bonchev–Trinajstić information content (AvgIpc) is 3.13. The molecule has 0 saturated carbocycles. The standard InChI is InChI=1S/C14H13N3O3/c1-9(11-3-2-6-15-11)16-17-14(18)10-4-5-12-13(7-10)20-8-19-12/h2-7,15H,8H2,1H3,(H,17,18)/b16-9+. The van der Waals surface area contributed by atoms with Crippen molar-refractivity contribution in [2.75, 3.05) is 6.79 Å². The highest BCUT2D eigenvalue weighted by Gasteiger charge is 2.15. The zero-order valence-corrected chi connectivity index (χ0v) is 10.8. The van der Waals surface area contributed by atoms with Gasteiger partial charge in [0, 0.05) is 11.8 Å².